The molecule has 8 heteroatoms. The smallest absolute Gasteiger partial charge is 0.289 e. The van der Waals surface area contributed by atoms with E-state index >= 15 is 0 Å². The Balaban J connectivity index is 1.58. The van der Waals surface area contributed by atoms with E-state index in [4.69, 9.17) is 9.47 Å². The molecule has 32 heavy (non-hydrogen) atoms. The summed E-state index contributed by atoms with van der Waals surface area (Å²) < 4.78 is 23.8. The predicted octanol–water partition coefficient (Wildman–Crippen LogP) is 4.46. The topological polar surface area (TPSA) is 85.4 Å². The average molecular weight is 432 g/mol. The molecule has 0 fully saturated rings. The van der Waals surface area contributed by atoms with E-state index in [2.05, 4.69) is 20.6 Å². The molecule has 4 rings (SSSR count). The van der Waals surface area contributed by atoms with Crippen LogP contribution in [0, 0.1) is 5.82 Å². The summed E-state index contributed by atoms with van der Waals surface area (Å²) >= 11 is 0. The first-order valence-corrected chi connectivity index (χ1v) is 9.86. The Kier molecular flexibility index (Phi) is 6.12. The fourth-order valence-electron chi connectivity index (χ4n) is 3.20. The zero-order valence-corrected chi connectivity index (χ0v) is 17.6. The molecular formula is C24H21FN4O3. The average Bonchev–Trinajstić information content (AvgIpc) is 2.83. The maximum absolute atomic E-state index is 13.2. The maximum atomic E-state index is 13.2. The molecule has 2 N–H and O–H groups in total. The summed E-state index contributed by atoms with van der Waals surface area (Å²) in [6, 6.07) is 18.7. The van der Waals surface area contributed by atoms with Gasteiger partial charge in [0.25, 0.3) is 5.91 Å². The zero-order valence-electron chi connectivity index (χ0n) is 17.6. The van der Waals surface area contributed by atoms with Gasteiger partial charge in [-0.2, -0.15) is 0 Å². The molecule has 1 aromatic heterocycles. The van der Waals surface area contributed by atoms with Crippen molar-refractivity contribution in [2.45, 2.75) is 6.54 Å². The van der Waals surface area contributed by atoms with E-state index in [0.717, 1.165) is 10.9 Å². The lowest BCUT2D eigenvalue weighted by Gasteiger charge is -2.12. The molecule has 0 bridgehead atoms. The number of para-hydroxylation sites is 1. The van der Waals surface area contributed by atoms with Crippen molar-refractivity contribution in [3.8, 4) is 11.5 Å². The Morgan fingerprint density at radius 3 is 2.44 bits per heavy atom. The molecule has 3 aromatic carbocycles. The number of amides is 1. The standard InChI is InChI=1S/C24H21FN4O3/c1-31-20-12-7-15(13-21(20)32-2)14-26-24(30)23-28-19-6-4-3-5-18(19)22(29-23)27-17-10-8-16(25)9-11-17/h3-13H,14H2,1-2H3,(H,26,30)(H,27,28,29). The normalized spacial score (nSPS) is 10.6. The number of hydrogen-bond donors (Lipinski definition) is 2. The number of carbonyl (C=O) groups excluding carboxylic acids is 1. The van der Waals surface area contributed by atoms with Gasteiger partial charge in [0.1, 0.15) is 11.6 Å². The Morgan fingerprint density at radius 1 is 0.938 bits per heavy atom. The van der Waals surface area contributed by atoms with Crippen LogP contribution in [0.4, 0.5) is 15.9 Å². The van der Waals surface area contributed by atoms with Crippen molar-refractivity contribution in [3.05, 3.63) is 83.9 Å². The van der Waals surface area contributed by atoms with Gasteiger partial charge >= 0.3 is 0 Å². The van der Waals surface area contributed by atoms with E-state index in [-0.39, 0.29) is 18.2 Å². The molecule has 0 saturated heterocycles. The summed E-state index contributed by atoms with van der Waals surface area (Å²) in [7, 11) is 3.12. The second kappa shape index (κ2) is 9.30. The lowest BCUT2D eigenvalue weighted by molar-refractivity contribution is 0.0941. The zero-order chi connectivity index (χ0) is 22.5. The summed E-state index contributed by atoms with van der Waals surface area (Å²) in [4.78, 5) is 21.6. The third-order valence-corrected chi connectivity index (χ3v) is 4.81. The second-order valence-electron chi connectivity index (χ2n) is 6.92. The molecule has 0 aliphatic carbocycles. The monoisotopic (exact) mass is 432 g/mol. The highest BCUT2D eigenvalue weighted by Crippen LogP contribution is 2.27. The highest BCUT2D eigenvalue weighted by Gasteiger charge is 2.15. The van der Waals surface area contributed by atoms with Gasteiger partial charge in [-0.25, -0.2) is 14.4 Å². The van der Waals surface area contributed by atoms with E-state index in [0.29, 0.717) is 28.5 Å². The van der Waals surface area contributed by atoms with Gasteiger partial charge < -0.3 is 20.1 Å². The minimum absolute atomic E-state index is 0.0220. The summed E-state index contributed by atoms with van der Waals surface area (Å²) in [5.41, 5.74) is 2.09. The molecule has 0 atom stereocenters. The quantitative estimate of drug-likeness (QED) is 0.449. The van der Waals surface area contributed by atoms with Crippen LogP contribution in [0.5, 0.6) is 11.5 Å². The summed E-state index contributed by atoms with van der Waals surface area (Å²) in [6.07, 6.45) is 0. The van der Waals surface area contributed by atoms with Gasteiger partial charge in [0.05, 0.1) is 19.7 Å². The molecule has 0 aliphatic rings. The van der Waals surface area contributed by atoms with Crippen molar-refractivity contribution in [1.29, 1.82) is 0 Å². The number of nitrogens with zero attached hydrogens (tertiary/aromatic N) is 2. The number of ether oxygens (including phenoxy) is 2. The van der Waals surface area contributed by atoms with E-state index in [1.165, 1.54) is 12.1 Å². The molecule has 0 radical (unpaired) electrons. The molecule has 0 aliphatic heterocycles. The second-order valence-corrected chi connectivity index (χ2v) is 6.92. The van der Waals surface area contributed by atoms with Crippen LogP contribution in [0.2, 0.25) is 0 Å². The molecule has 4 aromatic rings. The number of fused-ring (bicyclic) bond motifs is 1. The molecule has 0 saturated carbocycles. The van der Waals surface area contributed by atoms with Crippen LogP contribution < -0.4 is 20.1 Å². The fourth-order valence-corrected chi connectivity index (χ4v) is 3.20. The summed E-state index contributed by atoms with van der Waals surface area (Å²) in [5, 5.41) is 6.72. The van der Waals surface area contributed by atoms with Crippen molar-refractivity contribution < 1.29 is 18.7 Å². The Hall–Kier alpha value is -4.20. The van der Waals surface area contributed by atoms with E-state index in [1.807, 2.05) is 24.3 Å². The van der Waals surface area contributed by atoms with Gasteiger partial charge in [-0.1, -0.05) is 18.2 Å². The minimum atomic E-state index is -0.423. The Labute approximate surface area is 184 Å². The van der Waals surface area contributed by atoms with Crippen LogP contribution in [0.1, 0.15) is 16.2 Å². The third-order valence-electron chi connectivity index (χ3n) is 4.81. The van der Waals surface area contributed by atoms with E-state index in [1.54, 1.807) is 44.6 Å². The van der Waals surface area contributed by atoms with Crippen LogP contribution in [0.15, 0.2) is 66.7 Å². The molecule has 1 heterocycles. The van der Waals surface area contributed by atoms with Gasteiger partial charge in [0.2, 0.25) is 5.82 Å². The van der Waals surface area contributed by atoms with Crippen LogP contribution in [-0.2, 0) is 6.54 Å². The van der Waals surface area contributed by atoms with E-state index in [9.17, 15) is 9.18 Å². The van der Waals surface area contributed by atoms with Gasteiger partial charge in [-0.15, -0.1) is 0 Å². The van der Waals surface area contributed by atoms with Gasteiger partial charge in [-0.3, -0.25) is 4.79 Å². The van der Waals surface area contributed by atoms with Crippen LogP contribution in [-0.4, -0.2) is 30.1 Å². The third kappa shape index (κ3) is 4.59. The number of benzene rings is 3. The summed E-state index contributed by atoms with van der Waals surface area (Å²) in [6.45, 7) is 0.260. The number of rotatable bonds is 7. The number of anilines is 2. The minimum Gasteiger partial charge on any atom is -0.493 e. The molecule has 0 unspecified atom stereocenters. The number of methoxy groups -OCH3 is 2. The van der Waals surface area contributed by atoms with Crippen molar-refractivity contribution in [2.24, 2.45) is 0 Å². The lowest BCUT2D eigenvalue weighted by atomic mass is 10.2. The molecule has 1 amide bonds. The predicted molar refractivity (Wildman–Crippen MR) is 120 cm³/mol. The first kappa shape index (κ1) is 21.0. The van der Waals surface area contributed by atoms with E-state index < -0.39 is 5.91 Å². The molecule has 162 valence electrons. The van der Waals surface area contributed by atoms with Gasteiger partial charge in [-0.05, 0) is 54.1 Å². The molecule has 0 spiro atoms. The van der Waals surface area contributed by atoms with Crippen LogP contribution in [0.25, 0.3) is 10.9 Å². The van der Waals surface area contributed by atoms with Crippen molar-refractivity contribution >= 4 is 28.3 Å². The highest BCUT2D eigenvalue weighted by atomic mass is 19.1. The first-order chi connectivity index (χ1) is 15.6. The van der Waals surface area contributed by atoms with Crippen molar-refractivity contribution in [1.82, 2.24) is 15.3 Å². The number of nitrogens with one attached hydrogen (secondary N) is 2. The molecule has 7 nitrogen and oxygen atoms in total. The Morgan fingerprint density at radius 2 is 1.69 bits per heavy atom. The Bertz CT molecular complexity index is 1260. The fraction of sp³-hybridized carbons (Fsp3) is 0.125. The number of carbonyl (C=O) groups is 1. The maximum Gasteiger partial charge on any atom is 0.289 e. The van der Waals surface area contributed by atoms with Crippen LogP contribution >= 0.6 is 0 Å². The number of halogens is 1. The SMILES string of the molecule is COc1ccc(CNC(=O)c2nc(Nc3ccc(F)cc3)c3ccccc3n2)cc1OC. The highest BCUT2D eigenvalue weighted by molar-refractivity contribution is 5.97. The number of hydrogen-bond acceptors (Lipinski definition) is 6. The van der Waals surface area contributed by atoms with Gasteiger partial charge in [0, 0.05) is 17.6 Å². The summed E-state index contributed by atoms with van der Waals surface area (Å²) in [5.74, 6) is 0.905. The lowest BCUT2D eigenvalue weighted by Crippen LogP contribution is -2.25. The first-order valence-electron chi connectivity index (χ1n) is 9.86. The van der Waals surface area contributed by atoms with Crippen molar-refractivity contribution in [2.75, 3.05) is 19.5 Å². The van der Waals surface area contributed by atoms with Gasteiger partial charge in [0.15, 0.2) is 11.5 Å². The largest absolute Gasteiger partial charge is 0.493 e. The number of aromatic nitrogens is 2. The molecular weight excluding hydrogens is 411 g/mol. The van der Waals surface area contributed by atoms with Crippen LogP contribution in [0.3, 0.4) is 0 Å². The van der Waals surface area contributed by atoms with Crippen molar-refractivity contribution in [3.63, 3.8) is 0 Å².